The molecule has 140 valence electrons. The van der Waals surface area contributed by atoms with Gasteiger partial charge in [0.15, 0.2) is 0 Å². The summed E-state index contributed by atoms with van der Waals surface area (Å²) in [6.45, 7) is 2.32. The van der Waals surface area contributed by atoms with E-state index < -0.39 is 6.36 Å². The van der Waals surface area contributed by atoms with Crippen molar-refractivity contribution in [3.63, 3.8) is 0 Å². The van der Waals surface area contributed by atoms with Crippen molar-refractivity contribution in [3.8, 4) is 5.75 Å². The second kappa shape index (κ2) is 7.41. The van der Waals surface area contributed by atoms with Crippen molar-refractivity contribution in [3.05, 3.63) is 29.8 Å². The maximum absolute atomic E-state index is 12.6. The van der Waals surface area contributed by atoms with Crippen LogP contribution in [-0.2, 0) is 11.3 Å². The fourth-order valence-electron chi connectivity index (χ4n) is 3.59. The monoisotopic (exact) mass is 378 g/mol. The van der Waals surface area contributed by atoms with Crippen LogP contribution < -0.4 is 10.1 Å². The fourth-order valence-corrected chi connectivity index (χ4v) is 3.59. The number of nitrogens with zero attached hydrogens (tertiary/aromatic N) is 1. The van der Waals surface area contributed by atoms with Crippen LogP contribution in [0.15, 0.2) is 24.3 Å². The summed E-state index contributed by atoms with van der Waals surface area (Å²) in [6.07, 6.45) is -1.65. The van der Waals surface area contributed by atoms with Crippen molar-refractivity contribution < 1.29 is 22.7 Å². The van der Waals surface area contributed by atoms with Crippen LogP contribution in [0.2, 0.25) is 0 Å². The van der Waals surface area contributed by atoms with Crippen molar-refractivity contribution in [1.29, 1.82) is 0 Å². The molecule has 1 heterocycles. The Morgan fingerprint density at radius 3 is 2.44 bits per heavy atom. The maximum atomic E-state index is 12.6. The number of piperidine rings is 1. The summed E-state index contributed by atoms with van der Waals surface area (Å²) >= 11 is 0. The minimum absolute atomic E-state index is 0. The summed E-state index contributed by atoms with van der Waals surface area (Å²) in [7, 11) is 1.75. The molecule has 0 bridgehead atoms. The Bertz CT molecular complexity index is 601. The van der Waals surface area contributed by atoms with Gasteiger partial charge in [0, 0.05) is 19.5 Å². The van der Waals surface area contributed by atoms with Crippen molar-refractivity contribution in [2.75, 3.05) is 20.1 Å². The largest absolute Gasteiger partial charge is 0.573 e. The van der Waals surface area contributed by atoms with Gasteiger partial charge >= 0.3 is 6.36 Å². The van der Waals surface area contributed by atoms with Crippen molar-refractivity contribution in [2.24, 2.45) is 11.3 Å². The molecule has 3 rings (SSSR count). The Kier molecular flexibility index (Phi) is 5.89. The van der Waals surface area contributed by atoms with Gasteiger partial charge in [-0.05, 0) is 55.5 Å². The summed E-state index contributed by atoms with van der Waals surface area (Å²) in [5.41, 5.74) is 0.960. The highest BCUT2D eigenvalue weighted by molar-refractivity contribution is 5.85. The molecule has 2 aliphatic rings. The molecule has 1 saturated carbocycles. The van der Waals surface area contributed by atoms with E-state index in [1.165, 1.54) is 12.1 Å². The SMILES string of the molecule is CN(Cc1ccc(OC(F)(F)F)cc1)C(=O)C1CC12CCNCC2.Cl. The molecule has 4 nitrogen and oxygen atoms in total. The van der Waals surface area contributed by atoms with E-state index in [-0.39, 0.29) is 35.4 Å². The number of hydrogen-bond donors (Lipinski definition) is 1. The summed E-state index contributed by atoms with van der Waals surface area (Å²) in [5, 5.41) is 3.31. The molecule has 1 amide bonds. The van der Waals surface area contributed by atoms with Crippen LogP contribution in [0.4, 0.5) is 13.2 Å². The van der Waals surface area contributed by atoms with Crippen LogP contribution in [0.25, 0.3) is 0 Å². The molecule has 0 aromatic heterocycles. The highest BCUT2D eigenvalue weighted by Crippen LogP contribution is 2.59. The van der Waals surface area contributed by atoms with E-state index in [1.54, 1.807) is 24.1 Å². The Morgan fingerprint density at radius 1 is 1.28 bits per heavy atom. The zero-order chi connectivity index (χ0) is 17.4. The molecule has 8 heteroatoms. The van der Waals surface area contributed by atoms with Gasteiger partial charge in [-0.3, -0.25) is 4.79 Å². The maximum Gasteiger partial charge on any atom is 0.573 e. The van der Waals surface area contributed by atoms with E-state index in [4.69, 9.17) is 0 Å². The third kappa shape index (κ3) is 4.79. The van der Waals surface area contributed by atoms with Gasteiger partial charge in [-0.2, -0.15) is 0 Å². The smallest absolute Gasteiger partial charge is 0.406 e. The van der Waals surface area contributed by atoms with Crippen LogP contribution in [0.3, 0.4) is 0 Å². The molecule has 25 heavy (non-hydrogen) atoms. The van der Waals surface area contributed by atoms with Crippen molar-refractivity contribution in [2.45, 2.75) is 32.2 Å². The number of rotatable bonds is 4. The lowest BCUT2D eigenvalue weighted by atomic mass is 9.91. The minimum Gasteiger partial charge on any atom is -0.406 e. The Labute approximate surface area is 151 Å². The number of carbonyl (C=O) groups excluding carboxylic acids is 1. The van der Waals surface area contributed by atoms with Gasteiger partial charge in [-0.15, -0.1) is 25.6 Å². The summed E-state index contributed by atoms with van der Waals surface area (Å²) in [6, 6.07) is 5.65. The molecule has 1 aromatic carbocycles. The van der Waals surface area contributed by atoms with Gasteiger partial charge in [-0.25, -0.2) is 0 Å². The van der Waals surface area contributed by atoms with E-state index in [0.29, 0.717) is 6.54 Å². The molecule has 1 N–H and O–H groups in total. The molecular weight excluding hydrogens is 357 g/mol. The second-order valence-electron chi connectivity index (χ2n) is 6.76. The first kappa shape index (κ1) is 19.8. The molecule has 1 aliphatic heterocycles. The van der Waals surface area contributed by atoms with Crippen LogP contribution in [0.1, 0.15) is 24.8 Å². The molecule has 2 fully saturated rings. The highest BCUT2D eigenvalue weighted by Gasteiger charge is 2.58. The van der Waals surface area contributed by atoms with E-state index in [9.17, 15) is 18.0 Å². The number of halogens is 4. The summed E-state index contributed by atoms with van der Waals surface area (Å²) < 4.78 is 40.3. The molecule has 1 saturated heterocycles. The normalized spacial score (nSPS) is 21.4. The van der Waals surface area contributed by atoms with Gasteiger partial charge in [-0.1, -0.05) is 12.1 Å². The van der Waals surface area contributed by atoms with E-state index >= 15 is 0 Å². The second-order valence-corrected chi connectivity index (χ2v) is 6.76. The average molecular weight is 379 g/mol. The number of ether oxygens (including phenoxy) is 1. The van der Waals surface area contributed by atoms with Crippen LogP contribution in [0, 0.1) is 11.3 Å². The van der Waals surface area contributed by atoms with Gasteiger partial charge in [0.1, 0.15) is 5.75 Å². The topological polar surface area (TPSA) is 41.6 Å². The first-order valence-corrected chi connectivity index (χ1v) is 8.09. The molecule has 1 spiro atoms. The minimum atomic E-state index is -4.69. The molecule has 0 radical (unpaired) electrons. The first-order chi connectivity index (χ1) is 11.3. The van der Waals surface area contributed by atoms with Gasteiger partial charge in [0.2, 0.25) is 5.91 Å². The zero-order valence-electron chi connectivity index (χ0n) is 13.9. The molecule has 1 aliphatic carbocycles. The van der Waals surface area contributed by atoms with Crippen LogP contribution in [-0.4, -0.2) is 37.3 Å². The number of carbonyl (C=O) groups is 1. The quantitative estimate of drug-likeness (QED) is 0.873. The summed E-state index contributed by atoms with van der Waals surface area (Å²) in [4.78, 5) is 14.2. The lowest BCUT2D eigenvalue weighted by Gasteiger charge is -2.25. The number of hydrogen-bond acceptors (Lipinski definition) is 3. The Hall–Kier alpha value is -1.47. The third-order valence-electron chi connectivity index (χ3n) is 5.04. The Morgan fingerprint density at radius 2 is 1.88 bits per heavy atom. The number of amides is 1. The molecule has 1 aromatic rings. The summed E-state index contributed by atoms with van der Waals surface area (Å²) in [5.74, 6) is -0.0268. The third-order valence-corrected chi connectivity index (χ3v) is 5.04. The van der Waals surface area contributed by atoms with Crippen molar-refractivity contribution in [1.82, 2.24) is 10.2 Å². The fraction of sp³-hybridized carbons (Fsp3) is 0.588. The zero-order valence-corrected chi connectivity index (χ0v) is 14.8. The Balaban J connectivity index is 0.00000225. The number of alkyl halides is 3. The number of benzene rings is 1. The molecule has 1 atom stereocenters. The lowest BCUT2D eigenvalue weighted by Crippen LogP contribution is -2.34. The predicted octanol–water partition coefficient (Wildman–Crippen LogP) is 3.36. The van der Waals surface area contributed by atoms with Crippen molar-refractivity contribution >= 4 is 18.3 Å². The lowest BCUT2D eigenvalue weighted by molar-refractivity contribution is -0.274. The van der Waals surface area contributed by atoms with E-state index in [1.807, 2.05) is 0 Å². The van der Waals surface area contributed by atoms with Crippen LogP contribution in [0.5, 0.6) is 5.75 Å². The van der Waals surface area contributed by atoms with E-state index in [2.05, 4.69) is 10.1 Å². The predicted molar refractivity (Wildman–Crippen MR) is 89.5 cm³/mol. The molecule has 1 unspecified atom stereocenters. The average Bonchev–Trinajstić information content (AvgIpc) is 3.20. The first-order valence-electron chi connectivity index (χ1n) is 8.09. The van der Waals surface area contributed by atoms with Gasteiger partial charge in [0.25, 0.3) is 0 Å². The molecular formula is C17H22ClF3N2O2. The van der Waals surface area contributed by atoms with Crippen LogP contribution >= 0.6 is 12.4 Å². The van der Waals surface area contributed by atoms with Gasteiger partial charge < -0.3 is 15.0 Å². The standard InChI is InChI=1S/C17H21F3N2O2.ClH/c1-22(15(23)14-10-16(14)6-8-21-9-7-16)11-12-2-4-13(5-3-12)24-17(18,19)20;/h2-5,14,21H,6-11H2,1H3;1H. The highest BCUT2D eigenvalue weighted by atomic mass is 35.5. The number of nitrogens with one attached hydrogen (secondary N) is 1. The van der Waals surface area contributed by atoms with E-state index in [0.717, 1.165) is 37.9 Å². The van der Waals surface area contributed by atoms with Gasteiger partial charge in [0.05, 0.1) is 0 Å².